The molecule has 2 aromatic carbocycles. The van der Waals surface area contributed by atoms with Crippen LogP contribution in [0.1, 0.15) is 10.4 Å². The predicted molar refractivity (Wildman–Crippen MR) is 107 cm³/mol. The molecule has 0 amide bonds. The van der Waals surface area contributed by atoms with Crippen molar-refractivity contribution in [2.24, 2.45) is 0 Å². The standard InChI is InChI=1S/C20H14BrFN2OS/c1-12-17(14-5-7-16(22)8-6-14)18-19(26-12)23-11-24(20(18)25)10-13-3-2-4-15(21)9-13/h2-9,11H,10H2,1H3. The van der Waals surface area contributed by atoms with Crippen molar-refractivity contribution in [3.8, 4) is 11.1 Å². The molecular formula is C20H14BrFN2OS. The molecule has 0 radical (unpaired) electrons. The lowest BCUT2D eigenvalue weighted by molar-refractivity contribution is 0.628. The summed E-state index contributed by atoms with van der Waals surface area (Å²) in [4.78, 5) is 19.3. The van der Waals surface area contributed by atoms with Gasteiger partial charge in [-0.15, -0.1) is 11.3 Å². The predicted octanol–water partition coefficient (Wildman–Crippen LogP) is 5.38. The number of hydrogen-bond acceptors (Lipinski definition) is 3. The van der Waals surface area contributed by atoms with Crippen LogP contribution in [0, 0.1) is 12.7 Å². The Morgan fingerprint density at radius 2 is 1.96 bits per heavy atom. The average Bonchev–Trinajstić information content (AvgIpc) is 2.95. The van der Waals surface area contributed by atoms with Crippen LogP contribution in [0.25, 0.3) is 21.3 Å². The second kappa shape index (κ2) is 6.78. The van der Waals surface area contributed by atoms with Crippen LogP contribution >= 0.6 is 27.3 Å². The van der Waals surface area contributed by atoms with Gasteiger partial charge in [-0.1, -0.05) is 40.2 Å². The number of benzene rings is 2. The molecule has 0 saturated heterocycles. The minimum atomic E-state index is -0.295. The second-order valence-corrected chi connectivity index (χ2v) is 8.15. The van der Waals surface area contributed by atoms with Crippen LogP contribution < -0.4 is 5.56 Å². The monoisotopic (exact) mass is 428 g/mol. The molecule has 0 aliphatic rings. The number of thiophene rings is 1. The number of aromatic nitrogens is 2. The molecule has 0 spiro atoms. The van der Waals surface area contributed by atoms with Crippen molar-refractivity contribution in [1.82, 2.24) is 9.55 Å². The van der Waals surface area contributed by atoms with Crippen molar-refractivity contribution in [1.29, 1.82) is 0 Å². The molecule has 0 unspecified atom stereocenters. The molecule has 4 rings (SSSR count). The maximum Gasteiger partial charge on any atom is 0.263 e. The normalized spacial score (nSPS) is 11.2. The van der Waals surface area contributed by atoms with Crippen molar-refractivity contribution in [3.63, 3.8) is 0 Å². The Hall–Kier alpha value is -2.31. The molecule has 0 atom stereocenters. The second-order valence-electron chi connectivity index (χ2n) is 6.03. The molecule has 26 heavy (non-hydrogen) atoms. The van der Waals surface area contributed by atoms with E-state index < -0.39 is 0 Å². The summed E-state index contributed by atoms with van der Waals surface area (Å²) in [6.45, 7) is 2.40. The van der Waals surface area contributed by atoms with Gasteiger partial charge in [-0.25, -0.2) is 9.37 Å². The molecule has 3 nitrogen and oxygen atoms in total. The van der Waals surface area contributed by atoms with Gasteiger partial charge in [-0.05, 0) is 42.3 Å². The molecule has 4 aromatic rings. The summed E-state index contributed by atoms with van der Waals surface area (Å²) in [5, 5.41) is 0.594. The van der Waals surface area contributed by atoms with Gasteiger partial charge in [-0.2, -0.15) is 0 Å². The first-order valence-electron chi connectivity index (χ1n) is 8.02. The van der Waals surface area contributed by atoms with E-state index in [1.807, 2.05) is 31.2 Å². The third-order valence-corrected chi connectivity index (χ3v) is 5.74. The van der Waals surface area contributed by atoms with E-state index in [4.69, 9.17) is 0 Å². The molecular weight excluding hydrogens is 415 g/mol. The van der Waals surface area contributed by atoms with Gasteiger partial charge in [0.15, 0.2) is 0 Å². The highest BCUT2D eigenvalue weighted by Crippen LogP contribution is 2.35. The summed E-state index contributed by atoms with van der Waals surface area (Å²) in [6.07, 6.45) is 1.59. The van der Waals surface area contributed by atoms with Crippen LogP contribution in [0.5, 0.6) is 0 Å². The minimum Gasteiger partial charge on any atom is -0.294 e. The van der Waals surface area contributed by atoms with E-state index >= 15 is 0 Å². The zero-order valence-electron chi connectivity index (χ0n) is 13.9. The van der Waals surface area contributed by atoms with E-state index in [0.29, 0.717) is 16.8 Å². The molecule has 0 aliphatic heterocycles. The summed E-state index contributed by atoms with van der Waals surface area (Å²) >= 11 is 4.94. The Bertz CT molecular complexity index is 1160. The summed E-state index contributed by atoms with van der Waals surface area (Å²) in [5.74, 6) is -0.295. The van der Waals surface area contributed by atoms with Gasteiger partial charge in [0.25, 0.3) is 5.56 Å². The number of fused-ring (bicyclic) bond motifs is 1. The number of hydrogen-bond donors (Lipinski definition) is 0. The van der Waals surface area contributed by atoms with E-state index in [2.05, 4.69) is 20.9 Å². The van der Waals surface area contributed by atoms with E-state index in [-0.39, 0.29) is 11.4 Å². The van der Waals surface area contributed by atoms with Gasteiger partial charge in [0, 0.05) is 14.9 Å². The van der Waals surface area contributed by atoms with Gasteiger partial charge in [0.2, 0.25) is 0 Å². The summed E-state index contributed by atoms with van der Waals surface area (Å²) in [7, 11) is 0. The Labute approximate surface area is 161 Å². The van der Waals surface area contributed by atoms with Crippen LogP contribution in [0.2, 0.25) is 0 Å². The van der Waals surface area contributed by atoms with Crippen molar-refractivity contribution >= 4 is 37.5 Å². The molecule has 2 aromatic heterocycles. The lowest BCUT2D eigenvalue weighted by Crippen LogP contribution is -2.21. The molecule has 0 saturated carbocycles. The van der Waals surface area contributed by atoms with Crippen molar-refractivity contribution in [3.05, 3.63) is 85.9 Å². The van der Waals surface area contributed by atoms with E-state index in [1.54, 1.807) is 23.0 Å². The van der Waals surface area contributed by atoms with Crippen LogP contribution in [-0.4, -0.2) is 9.55 Å². The van der Waals surface area contributed by atoms with Gasteiger partial charge in [-0.3, -0.25) is 9.36 Å². The van der Waals surface area contributed by atoms with Crippen LogP contribution in [0.15, 0.2) is 64.1 Å². The van der Waals surface area contributed by atoms with E-state index in [9.17, 15) is 9.18 Å². The molecule has 0 N–H and O–H groups in total. The third-order valence-electron chi connectivity index (χ3n) is 4.23. The molecule has 0 bridgehead atoms. The Morgan fingerprint density at radius 1 is 1.19 bits per heavy atom. The van der Waals surface area contributed by atoms with Gasteiger partial charge in [0.05, 0.1) is 18.3 Å². The highest BCUT2D eigenvalue weighted by Gasteiger charge is 2.17. The number of rotatable bonds is 3. The zero-order valence-corrected chi connectivity index (χ0v) is 16.3. The summed E-state index contributed by atoms with van der Waals surface area (Å²) in [6, 6.07) is 14.1. The van der Waals surface area contributed by atoms with E-state index in [1.165, 1.54) is 23.5 Å². The molecule has 6 heteroatoms. The van der Waals surface area contributed by atoms with E-state index in [0.717, 1.165) is 26.0 Å². The van der Waals surface area contributed by atoms with Crippen LogP contribution in [-0.2, 0) is 6.54 Å². The molecule has 0 fully saturated rings. The summed E-state index contributed by atoms with van der Waals surface area (Å²) < 4.78 is 15.9. The number of nitrogens with zero attached hydrogens (tertiary/aromatic N) is 2. The average molecular weight is 429 g/mol. The van der Waals surface area contributed by atoms with Crippen LogP contribution in [0.4, 0.5) is 4.39 Å². The lowest BCUT2D eigenvalue weighted by atomic mass is 10.0. The maximum absolute atomic E-state index is 13.3. The Morgan fingerprint density at radius 3 is 2.69 bits per heavy atom. The fraction of sp³-hybridized carbons (Fsp3) is 0.100. The number of halogens is 2. The first kappa shape index (κ1) is 17.1. The minimum absolute atomic E-state index is 0.0846. The SMILES string of the molecule is Cc1sc2ncn(Cc3cccc(Br)c3)c(=O)c2c1-c1ccc(F)cc1. The molecule has 0 aliphatic carbocycles. The van der Waals surface area contributed by atoms with Crippen molar-refractivity contribution < 1.29 is 4.39 Å². The highest BCUT2D eigenvalue weighted by atomic mass is 79.9. The number of aryl methyl sites for hydroxylation is 1. The Balaban J connectivity index is 1.88. The van der Waals surface area contributed by atoms with Crippen molar-refractivity contribution in [2.45, 2.75) is 13.5 Å². The van der Waals surface area contributed by atoms with Gasteiger partial charge < -0.3 is 0 Å². The van der Waals surface area contributed by atoms with Gasteiger partial charge >= 0.3 is 0 Å². The lowest BCUT2D eigenvalue weighted by Gasteiger charge is -2.07. The zero-order chi connectivity index (χ0) is 18.3. The molecule has 2 heterocycles. The topological polar surface area (TPSA) is 34.9 Å². The quantitative estimate of drug-likeness (QED) is 0.438. The summed E-state index contributed by atoms with van der Waals surface area (Å²) in [5.41, 5.74) is 2.59. The van der Waals surface area contributed by atoms with Crippen molar-refractivity contribution in [2.75, 3.05) is 0 Å². The third kappa shape index (κ3) is 3.10. The largest absolute Gasteiger partial charge is 0.294 e. The smallest absolute Gasteiger partial charge is 0.263 e. The molecule has 130 valence electrons. The maximum atomic E-state index is 13.3. The Kier molecular flexibility index (Phi) is 4.46. The first-order chi connectivity index (χ1) is 12.5. The fourth-order valence-corrected chi connectivity index (χ4v) is 4.50. The first-order valence-corrected chi connectivity index (χ1v) is 9.63. The highest BCUT2D eigenvalue weighted by molar-refractivity contribution is 9.10. The van der Waals surface area contributed by atoms with Gasteiger partial charge in [0.1, 0.15) is 10.6 Å². The fourth-order valence-electron chi connectivity index (χ4n) is 3.05. The van der Waals surface area contributed by atoms with Crippen LogP contribution in [0.3, 0.4) is 0 Å².